The van der Waals surface area contributed by atoms with E-state index in [-0.39, 0.29) is 5.69 Å². The topological polar surface area (TPSA) is 50.2 Å². The minimum atomic E-state index is -0.950. The first-order valence-corrected chi connectivity index (χ1v) is 6.13. The molecule has 1 heterocycles. The lowest BCUT2D eigenvalue weighted by Gasteiger charge is -1.99. The molecule has 1 aromatic heterocycles. The summed E-state index contributed by atoms with van der Waals surface area (Å²) in [7, 11) is 0. The Balaban J connectivity index is 2.25. The number of hydrogen-bond donors (Lipinski definition) is 1. The normalized spacial score (nSPS) is 10.5. The molecule has 0 aliphatic heterocycles. The standard InChI is InChI=1S/C13H13NO2S/c1-8-4-3-5-10(6-8)7-11-14-12(13(15)16)9(2)17-11/h3-6H,7H2,1-2H3,(H,15,16). The average molecular weight is 247 g/mol. The van der Waals surface area contributed by atoms with Gasteiger partial charge in [0.25, 0.3) is 0 Å². The fraction of sp³-hybridized carbons (Fsp3) is 0.231. The molecule has 3 nitrogen and oxygen atoms in total. The Morgan fingerprint density at radius 1 is 1.41 bits per heavy atom. The van der Waals surface area contributed by atoms with E-state index in [1.807, 2.05) is 25.1 Å². The zero-order chi connectivity index (χ0) is 12.4. The van der Waals surface area contributed by atoms with E-state index < -0.39 is 5.97 Å². The molecule has 0 saturated carbocycles. The van der Waals surface area contributed by atoms with E-state index in [0.29, 0.717) is 6.42 Å². The molecule has 0 saturated heterocycles. The highest BCUT2D eigenvalue weighted by molar-refractivity contribution is 7.11. The van der Waals surface area contributed by atoms with Crippen LogP contribution in [0, 0.1) is 13.8 Å². The summed E-state index contributed by atoms with van der Waals surface area (Å²) in [5.74, 6) is -0.950. The SMILES string of the molecule is Cc1cccc(Cc2nc(C(=O)O)c(C)s2)c1. The van der Waals surface area contributed by atoms with Crippen LogP contribution in [0.25, 0.3) is 0 Å². The number of carboxylic acids is 1. The lowest BCUT2D eigenvalue weighted by molar-refractivity contribution is 0.0690. The zero-order valence-electron chi connectivity index (χ0n) is 9.73. The van der Waals surface area contributed by atoms with Gasteiger partial charge >= 0.3 is 5.97 Å². The molecule has 0 radical (unpaired) electrons. The van der Waals surface area contributed by atoms with Crippen LogP contribution in [0.4, 0.5) is 0 Å². The van der Waals surface area contributed by atoms with Gasteiger partial charge in [-0.3, -0.25) is 0 Å². The molecule has 0 aliphatic carbocycles. The highest BCUT2D eigenvalue weighted by Gasteiger charge is 2.13. The molecular weight excluding hydrogens is 234 g/mol. The monoisotopic (exact) mass is 247 g/mol. The van der Waals surface area contributed by atoms with Crippen LogP contribution in [0.2, 0.25) is 0 Å². The number of nitrogens with zero attached hydrogens (tertiary/aromatic N) is 1. The Labute approximate surface area is 104 Å². The second-order valence-electron chi connectivity index (χ2n) is 3.98. The van der Waals surface area contributed by atoms with Gasteiger partial charge in [0.2, 0.25) is 0 Å². The Bertz CT molecular complexity index is 560. The molecule has 0 amide bonds. The minimum Gasteiger partial charge on any atom is -0.476 e. The highest BCUT2D eigenvalue weighted by atomic mass is 32.1. The van der Waals surface area contributed by atoms with Gasteiger partial charge in [-0.15, -0.1) is 11.3 Å². The quantitative estimate of drug-likeness (QED) is 0.906. The third-order valence-corrected chi connectivity index (χ3v) is 3.45. The molecule has 4 heteroatoms. The molecule has 1 aromatic carbocycles. The maximum Gasteiger partial charge on any atom is 0.355 e. The van der Waals surface area contributed by atoms with E-state index in [1.165, 1.54) is 16.9 Å². The Hall–Kier alpha value is -1.68. The average Bonchev–Trinajstić information content (AvgIpc) is 2.59. The molecule has 0 spiro atoms. The molecule has 17 heavy (non-hydrogen) atoms. The Morgan fingerprint density at radius 2 is 2.18 bits per heavy atom. The third kappa shape index (κ3) is 2.71. The lowest BCUT2D eigenvalue weighted by Crippen LogP contribution is -1.99. The summed E-state index contributed by atoms with van der Waals surface area (Å²) < 4.78 is 0. The van der Waals surface area contributed by atoms with Gasteiger partial charge in [-0.2, -0.15) is 0 Å². The molecular formula is C13H13NO2S. The summed E-state index contributed by atoms with van der Waals surface area (Å²) in [6.07, 6.45) is 0.695. The van der Waals surface area contributed by atoms with Crippen molar-refractivity contribution in [1.29, 1.82) is 0 Å². The van der Waals surface area contributed by atoms with Crippen molar-refractivity contribution < 1.29 is 9.90 Å². The summed E-state index contributed by atoms with van der Waals surface area (Å²) in [5, 5.41) is 9.79. The first kappa shape index (κ1) is 11.8. The van der Waals surface area contributed by atoms with Crippen LogP contribution in [0.15, 0.2) is 24.3 Å². The van der Waals surface area contributed by atoms with E-state index in [1.54, 1.807) is 6.92 Å². The molecule has 0 bridgehead atoms. The minimum absolute atomic E-state index is 0.178. The van der Waals surface area contributed by atoms with Crippen LogP contribution in [-0.2, 0) is 6.42 Å². The van der Waals surface area contributed by atoms with Crippen LogP contribution in [0.5, 0.6) is 0 Å². The maximum absolute atomic E-state index is 10.9. The molecule has 0 aliphatic rings. The highest BCUT2D eigenvalue weighted by Crippen LogP contribution is 2.20. The van der Waals surface area contributed by atoms with E-state index in [0.717, 1.165) is 15.4 Å². The number of thiazole rings is 1. The summed E-state index contributed by atoms with van der Waals surface area (Å²) in [4.78, 5) is 15.8. The van der Waals surface area contributed by atoms with Gasteiger partial charge in [-0.05, 0) is 19.4 Å². The van der Waals surface area contributed by atoms with Crippen molar-refractivity contribution in [3.05, 3.63) is 51.0 Å². The van der Waals surface area contributed by atoms with Gasteiger partial charge in [-0.1, -0.05) is 29.8 Å². The molecule has 88 valence electrons. The van der Waals surface area contributed by atoms with Crippen LogP contribution in [0.1, 0.15) is 31.5 Å². The van der Waals surface area contributed by atoms with Gasteiger partial charge in [0, 0.05) is 11.3 Å². The largest absolute Gasteiger partial charge is 0.476 e. The van der Waals surface area contributed by atoms with Crippen molar-refractivity contribution in [2.45, 2.75) is 20.3 Å². The summed E-state index contributed by atoms with van der Waals surface area (Å²) in [6, 6.07) is 8.17. The zero-order valence-corrected chi connectivity index (χ0v) is 10.5. The van der Waals surface area contributed by atoms with Gasteiger partial charge in [0.05, 0.1) is 5.01 Å². The molecule has 0 unspecified atom stereocenters. The van der Waals surface area contributed by atoms with Crippen molar-refractivity contribution in [2.24, 2.45) is 0 Å². The number of hydrogen-bond acceptors (Lipinski definition) is 3. The van der Waals surface area contributed by atoms with Gasteiger partial charge < -0.3 is 5.11 Å². The fourth-order valence-electron chi connectivity index (χ4n) is 1.72. The van der Waals surface area contributed by atoms with Crippen LogP contribution >= 0.6 is 11.3 Å². The second-order valence-corrected chi connectivity index (χ2v) is 5.27. The van der Waals surface area contributed by atoms with Gasteiger partial charge in [-0.25, -0.2) is 9.78 Å². The number of carbonyl (C=O) groups is 1. The third-order valence-electron chi connectivity index (χ3n) is 2.48. The van der Waals surface area contributed by atoms with Crippen LogP contribution in [-0.4, -0.2) is 16.1 Å². The second kappa shape index (κ2) is 4.67. The molecule has 0 atom stereocenters. The van der Waals surface area contributed by atoms with E-state index in [4.69, 9.17) is 5.11 Å². The number of aromatic nitrogens is 1. The van der Waals surface area contributed by atoms with Crippen molar-refractivity contribution in [1.82, 2.24) is 4.98 Å². The fourth-order valence-corrected chi connectivity index (χ4v) is 2.68. The Morgan fingerprint density at radius 3 is 2.76 bits per heavy atom. The lowest BCUT2D eigenvalue weighted by atomic mass is 10.1. The number of aryl methyl sites for hydroxylation is 2. The van der Waals surface area contributed by atoms with E-state index in [9.17, 15) is 4.79 Å². The predicted octanol–water partition coefficient (Wildman–Crippen LogP) is 3.05. The smallest absolute Gasteiger partial charge is 0.355 e. The number of carboxylic acid groups (broad SMARTS) is 1. The van der Waals surface area contributed by atoms with Crippen molar-refractivity contribution in [2.75, 3.05) is 0 Å². The van der Waals surface area contributed by atoms with E-state index >= 15 is 0 Å². The van der Waals surface area contributed by atoms with Crippen LogP contribution < -0.4 is 0 Å². The molecule has 2 rings (SSSR count). The number of aromatic carboxylic acids is 1. The number of benzene rings is 1. The van der Waals surface area contributed by atoms with Crippen molar-refractivity contribution >= 4 is 17.3 Å². The van der Waals surface area contributed by atoms with Crippen LogP contribution in [0.3, 0.4) is 0 Å². The summed E-state index contributed by atoms with van der Waals surface area (Å²) >= 11 is 1.45. The Kier molecular flexibility index (Phi) is 3.24. The van der Waals surface area contributed by atoms with Gasteiger partial charge in [0.1, 0.15) is 0 Å². The first-order chi connectivity index (χ1) is 8.06. The van der Waals surface area contributed by atoms with Gasteiger partial charge in [0.15, 0.2) is 5.69 Å². The number of rotatable bonds is 3. The van der Waals surface area contributed by atoms with Crippen molar-refractivity contribution in [3.8, 4) is 0 Å². The van der Waals surface area contributed by atoms with Crippen molar-refractivity contribution in [3.63, 3.8) is 0 Å². The van der Waals surface area contributed by atoms with E-state index in [2.05, 4.69) is 11.1 Å². The predicted molar refractivity (Wildman–Crippen MR) is 67.8 cm³/mol. The molecule has 1 N–H and O–H groups in total. The maximum atomic E-state index is 10.9. The summed E-state index contributed by atoms with van der Waals surface area (Å²) in [5.41, 5.74) is 2.54. The molecule has 2 aromatic rings. The summed E-state index contributed by atoms with van der Waals surface area (Å²) in [6.45, 7) is 3.83. The molecule has 0 fully saturated rings. The first-order valence-electron chi connectivity index (χ1n) is 5.31.